The van der Waals surface area contributed by atoms with Gasteiger partial charge in [-0.2, -0.15) is 0 Å². The van der Waals surface area contributed by atoms with Crippen LogP contribution < -0.4 is 5.32 Å². The van der Waals surface area contributed by atoms with Gasteiger partial charge in [0.15, 0.2) is 0 Å². The van der Waals surface area contributed by atoms with Crippen molar-refractivity contribution >= 4 is 5.91 Å². The molecule has 0 aromatic heterocycles. The van der Waals surface area contributed by atoms with E-state index in [1.54, 1.807) is 11.0 Å². The van der Waals surface area contributed by atoms with E-state index in [0.717, 1.165) is 43.7 Å². The molecule has 2 aromatic rings. The first-order valence-electron chi connectivity index (χ1n) is 10.1. The van der Waals surface area contributed by atoms with Crippen LogP contribution in [0.3, 0.4) is 0 Å². The minimum absolute atomic E-state index is 0.175. The van der Waals surface area contributed by atoms with Gasteiger partial charge in [0.25, 0.3) is 5.91 Å². The lowest BCUT2D eigenvalue weighted by Crippen LogP contribution is -2.49. The lowest BCUT2D eigenvalue weighted by atomic mass is 9.99. The molecule has 1 unspecified atom stereocenters. The van der Waals surface area contributed by atoms with Gasteiger partial charge in [0.2, 0.25) is 0 Å². The van der Waals surface area contributed by atoms with Crippen LogP contribution in [0.25, 0.3) is 11.1 Å². The van der Waals surface area contributed by atoms with Crippen molar-refractivity contribution in [2.45, 2.75) is 26.3 Å². The standard InChI is InChI=1S/C23H28FN3O/c1-16-3-4-18(13-17(16)2)19-5-6-21(22(24)14-19)23(28)27-10-7-20(15-27)26-11-8-25-9-12-26/h3-6,13-14,20,25H,7-12,15H2,1-2H3. The van der Waals surface area contributed by atoms with E-state index in [9.17, 15) is 9.18 Å². The second kappa shape index (κ2) is 8.02. The van der Waals surface area contributed by atoms with Crippen molar-refractivity contribution in [3.8, 4) is 11.1 Å². The molecule has 28 heavy (non-hydrogen) atoms. The number of amides is 1. The largest absolute Gasteiger partial charge is 0.337 e. The number of nitrogens with zero attached hydrogens (tertiary/aromatic N) is 2. The molecule has 148 valence electrons. The number of hydrogen-bond donors (Lipinski definition) is 1. The van der Waals surface area contributed by atoms with Gasteiger partial charge in [-0.25, -0.2) is 4.39 Å². The van der Waals surface area contributed by atoms with Crippen molar-refractivity contribution in [2.75, 3.05) is 39.3 Å². The highest BCUT2D eigenvalue weighted by molar-refractivity contribution is 5.95. The summed E-state index contributed by atoms with van der Waals surface area (Å²) < 4.78 is 14.8. The highest BCUT2D eigenvalue weighted by Gasteiger charge is 2.32. The fraction of sp³-hybridized carbons (Fsp3) is 0.435. The first kappa shape index (κ1) is 19.1. The summed E-state index contributed by atoms with van der Waals surface area (Å²) in [6.07, 6.45) is 0.966. The van der Waals surface area contributed by atoms with Crippen molar-refractivity contribution in [3.05, 3.63) is 58.9 Å². The summed E-state index contributed by atoms with van der Waals surface area (Å²) in [5.41, 5.74) is 4.34. The number of carbonyl (C=O) groups excluding carboxylic acids is 1. The average Bonchev–Trinajstić information content (AvgIpc) is 3.20. The van der Waals surface area contributed by atoms with Gasteiger partial charge in [-0.1, -0.05) is 24.3 Å². The summed E-state index contributed by atoms with van der Waals surface area (Å²) in [4.78, 5) is 17.2. The van der Waals surface area contributed by atoms with Gasteiger partial charge in [-0.15, -0.1) is 0 Å². The molecule has 4 rings (SSSR count). The number of hydrogen-bond acceptors (Lipinski definition) is 3. The second-order valence-electron chi connectivity index (χ2n) is 7.97. The third-order valence-electron chi connectivity index (χ3n) is 6.16. The molecule has 2 aromatic carbocycles. The summed E-state index contributed by atoms with van der Waals surface area (Å²) >= 11 is 0. The third-order valence-corrected chi connectivity index (χ3v) is 6.16. The average molecular weight is 381 g/mol. The zero-order chi connectivity index (χ0) is 19.7. The normalized spacial score (nSPS) is 20.5. The highest BCUT2D eigenvalue weighted by atomic mass is 19.1. The van der Waals surface area contributed by atoms with Gasteiger partial charge in [0.05, 0.1) is 5.56 Å². The van der Waals surface area contributed by atoms with E-state index in [-0.39, 0.29) is 11.5 Å². The van der Waals surface area contributed by atoms with Crippen molar-refractivity contribution in [3.63, 3.8) is 0 Å². The molecule has 5 heteroatoms. The Balaban J connectivity index is 1.48. The maximum Gasteiger partial charge on any atom is 0.256 e. The van der Waals surface area contributed by atoms with E-state index in [1.807, 2.05) is 18.2 Å². The van der Waals surface area contributed by atoms with Crippen LogP contribution in [0.1, 0.15) is 27.9 Å². The van der Waals surface area contributed by atoms with Gasteiger partial charge in [-0.3, -0.25) is 9.69 Å². The SMILES string of the molecule is Cc1ccc(-c2ccc(C(=O)N3CCC(N4CCNCC4)C3)c(F)c2)cc1C. The Morgan fingerprint density at radius 3 is 2.43 bits per heavy atom. The van der Waals surface area contributed by atoms with Gasteiger partial charge in [0, 0.05) is 45.3 Å². The Bertz CT molecular complexity index is 876. The van der Waals surface area contributed by atoms with Gasteiger partial charge >= 0.3 is 0 Å². The molecular formula is C23H28FN3O. The Labute approximate surface area is 166 Å². The van der Waals surface area contributed by atoms with Crippen molar-refractivity contribution in [1.29, 1.82) is 0 Å². The van der Waals surface area contributed by atoms with E-state index in [2.05, 4.69) is 30.1 Å². The Kier molecular flexibility index (Phi) is 5.47. The number of likely N-dealkylation sites (tertiary alicyclic amines) is 1. The molecule has 2 saturated heterocycles. The zero-order valence-corrected chi connectivity index (χ0v) is 16.7. The fourth-order valence-corrected chi connectivity index (χ4v) is 4.23. The Morgan fingerprint density at radius 2 is 1.71 bits per heavy atom. The number of nitrogens with one attached hydrogen (secondary N) is 1. The molecule has 4 nitrogen and oxygen atoms in total. The van der Waals surface area contributed by atoms with Crippen LogP contribution in [0.2, 0.25) is 0 Å². The Morgan fingerprint density at radius 1 is 1.00 bits per heavy atom. The number of halogens is 1. The fourth-order valence-electron chi connectivity index (χ4n) is 4.23. The van der Waals surface area contributed by atoms with Gasteiger partial charge in [0.1, 0.15) is 5.82 Å². The molecule has 2 heterocycles. The molecule has 0 aliphatic carbocycles. The summed E-state index contributed by atoms with van der Waals surface area (Å²) in [6.45, 7) is 9.54. The van der Waals surface area contributed by atoms with Crippen LogP contribution in [-0.2, 0) is 0 Å². The monoisotopic (exact) mass is 381 g/mol. The van der Waals surface area contributed by atoms with Crippen LogP contribution in [-0.4, -0.2) is 61.0 Å². The number of rotatable bonds is 3. The topological polar surface area (TPSA) is 35.6 Å². The van der Waals surface area contributed by atoms with Gasteiger partial charge < -0.3 is 10.2 Å². The first-order chi connectivity index (χ1) is 13.5. The van der Waals surface area contributed by atoms with Crippen LogP contribution in [0.15, 0.2) is 36.4 Å². The van der Waals surface area contributed by atoms with E-state index < -0.39 is 5.82 Å². The van der Waals surface area contributed by atoms with E-state index in [1.165, 1.54) is 17.2 Å². The number of aryl methyl sites for hydroxylation is 2. The summed E-state index contributed by atoms with van der Waals surface area (Å²) in [5.74, 6) is -0.631. The zero-order valence-electron chi connectivity index (χ0n) is 16.7. The molecule has 0 bridgehead atoms. The molecule has 1 N–H and O–H groups in total. The van der Waals surface area contributed by atoms with Crippen LogP contribution >= 0.6 is 0 Å². The van der Waals surface area contributed by atoms with Gasteiger partial charge in [-0.05, 0) is 54.7 Å². The van der Waals surface area contributed by atoms with Crippen LogP contribution in [0.5, 0.6) is 0 Å². The predicted molar refractivity (Wildman–Crippen MR) is 110 cm³/mol. The predicted octanol–water partition coefficient (Wildman–Crippen LogP) is 3.23. The molecule has 2 aliphatic heterocycles. The quantitative estimate of drug-likeness (QED) is 0.887. The molecule has 1 atom stereocenters. The minimum atomic E-state index is -0.439. The lowest BCUT2D eigenvalue weighted by molar-refractivity contribution is 0.0769. The highest BCUT2D eigenvalue weighted by Crippen LogP contribution is 2.26. The molecular weight excluding hydrogens is 353 g/mol. The maximum absolute atomic E-state index is 14.8. The summed E-state index contributed by atoms with van der Waals surface area (Å²) in [5, 5.41) is 3.36. The van der Waals surface area contributed by atoms with Crippen molar-refractivity contribution in [2.24, 2.45) is 0 Å². The van der Waals surface area contributed by atoms with Crippen molar-refractivity contribution < 1.29 is 9.18 Å². The lowest BCUT2D eigenvalue weighted by Gasteiger charge is -2.32. The van der Waals surface area contributed by atoms with E-state index >= 15 is 0 Å². The van der Waals surface area contributed by atoms with Crippen LogP contribution in [0, 0.1) is 19.7 Å². The van der Waals surface area contributed by atoms with Crippen LogP contribution in [0.4, 0.5) is 4.39 Å². The first-order valence-corrected chi connectivity index (χ1v) is 10.1. The number of piperazine rings is 1. The maximum atomic E-state index is 14.8. The Hall–Kier alpha value is -2.24. The second-order valence-corrected chi connectivity index (χ2v) is 7.97. The van der Waals surface area contributed by atoms with E-state index in [4.69, 9.17) is 0 Å². The molecule has 2 aliphatic rings. The number of benzene rings is 2. The minimum Gasteiger partial charge on any atom is -0.337 e. The smallest absolute Gasteiger partial charge is 0.256 e. The molecule has 0 radical (unpaired) electrons. The third kappa shape index (κ3) is 3.82. The number of carbonyl (C=O) groups is 1. The van der Waals surface area contributed by atoms with Crippen molar-refractivity contribution in [1.82, 2.24) is 15.1 Å². The molecule has 2 fully saturated rings. The van der Waals surface area contributed by atoms with E-state index in [0.29, 0.717) is 19.1 Å². The molecule has 1 amide bonds. The molecule has 0 spiro atoms. The summed E-state index contributed by atoms with van der Waals surface area (Å²) in [6, 6.07) is 11.5. The summed E-state index contributed by atoms with van der Waals surface area (Å²) in [7, 11) is 0. The molecule has 0 saturated carbocycles.